The number of nitrogens with one attached hydrogen (secondary N) is 1. The van der Waals surface area contributed by atoms with Crippen molar-refractivity contribution in [2.75, 3.05) is 18.5 Å². The highest BCUT2D eigenvalue weighted by molar-refractivity contribution is 14.1. The molecule has 1 amide bonds. The number of amides is 1. The monoisotopic (exact) mass is 703 g/mol. The van der Waals surface area contributed by atoms with Crippen molar-refractivity contribution in [3.8, 4) is 11.5 Å². The summed E-state index contributed by atoms with van der Waals surface area (Å²) in [5.41, 5.74) is 1.91. The smallest absolute Gasteiger partial charge is 0.262 e. The fraction of sp³-hybridized carbons (Fsp3) is 0.424. The molecule has 0 fully saturated rings. The van der Waals surface area contributed by atoms with Gasteiger partial charge < -0.3 is 19.5 Å². The van der Waals surface area contributed by atoms with Crippen LogP contribution in [-0.2, 0) is 19.1 Å². The van der Waals surface area contributed by atoms with Crippen molar-refractivity contribution in [1.29, 1.82) is 0 Å². The standard InChI is InChI=1S/C33H35ClINO6/c1-6-40-24-12-18(11-20(35)31(24)41-17-27(39)36-21-10-8-7-9-19(21)34)28-29-22(37)13-32(2,3)15-25(29)42-26-16-33(4,5)14-23(38)30(26)28/h7-12,28H,6,13-17H2,1-5H3,(H,36,39). The van der Waals surface area contributed by atoms with Crippen LogP contribution in [0.3, 0.4) is 0 Å². The molecular weight excluding hydrogens is 669 g/mol. The van der Waals surface area contributed by atoms with Gasteiger partial charge in [0.25, 0.3) is 5.91 Å². The lowest BCUT2D eigenvalue weighted by Gasteiger charge is -2.42. The van der Waals surface area contributed by atoms with Crippen molar-refractivity contribution in [3.05, 3.63) is 73.2 Å². The SMILES string of the molecule is CCOc1cc(C2C3=C(CC(C)(C)CC3=O)OC3=C2C(=O)CC(C)(C)C3)cc(I)c1OCC(=O)Nc1ccccc1Cl. The van der Waals surface area contributed by atoms with Crippen LogP contribution in [0.25, 0.3) is 0 Å². The first-order valence-electron chi connectivity index (χ1n) is 14.1. The van der Waals surface area contributed by atoms with E-state index in [1.54, 1.807) is 24.3 Å². The van der Waals surface area contributed by atoms with Gasteiger partial charge in [0, 0.05) is 42.7 Å². The lowest BCUT2D eigenvalue weighted by molar-refractivity contribution is -0.120. The average molecular weight is 704 g/mol. The number of rotatable bonds is 7. The summed E-state index contributed by atoms with van der Waals surface area (Å²) < 4.78 is 19.1. The second-order valence-electron chi connectivity index (χ2n) is 12.7. The number of para-hydroxylation sites is 1. The van der Waals surface area contributed by atoms with Crippen LogP contribution in [0.4, 0.5) is 5.69 Å². The van der Waals surface area contributed by atoms with E-state index in [1.165, 1.54) is 0 Å². The number of carbonyl (C=O) groups excluding carboxylic acids is 3. The molecule has 1 N–H and O–H groups in total. The van der Waals surface area contributed by atoms with Crippen LogP contribution in [0.1, 0.15) is 71.8 Å². The maximum atomic E-state index is 13.7. The Balaban J connectivity index is 1.53. The van der Waals surface area contributed by atoms with E-state index in [-0.39, 0.29) is 34.9 Å². The molecule has 0 atom stereocenters. The Bertz CT molecular complexity index is 1490. The van der Waals surface area contributed by atoms with Crippen LogP contribution in [0, 0.1) is 14.4 Å². The summed E-state index contributed by atoms with van der Waals surface area (Å²) >= 11 is 8.33. The summed E-state index contributed by atoms with van der Waals surface area (Å²) in [7, 11) is 0. The highest BCUT2D eigenvalue weighted by Gasteiger charge is 2.48. The van der Waals surface area contributed by atoms with Gasteiger partial charge in [0.05, 0.1) is 20.9 Å². The van der Waals surface area contributed by atoms with Gasteiger partial charge >= 0.3 is 0 Å². The van der Waals surface area contributed by atoms with Crippen LogP contribution in [0.2, 0.25) is 5.02 Å². The van der Waals surface area contributed by atoms with Gasteiger partial charge in [-0.3, -0.25) is 14.4 Å². The van der Waals surface area contributed by atoms with Gasteiger partial charge in [0.15, 0.2) is 29.7 Å². The number of halogens is 2. The topological polar surface area (TPSA) is 90.9 Å². The number of ether oxygens (including phenoxy) is 3. The first-order chi connectivity index (χ1) is 19.8. The summed E-state index contributed by atoms with van der Waals surface area (Å²) in [6.45, 7) is 10.2. The molecule has 0 aromatic heterocycles. The zero-order valence-electron chi connectivity index (χ0n) is 24.5. The highest BCUT2D eigenvalue weighted by atomic mass is 127. The van der Waals surface area contributed by atoms with Gasteiger partial charge in [0.1, 0.15) is 11.5 Å². The molecule has 222 valence electrons. The molecule has 0 saturated heterocycles. The lowest BCUT2D eigenvalue weighted by Crippen LogP contribution is -2.37. The summed E-state index contributed by atoms with van der Waals surface area (Å²) in [6.07, 6.45) is 2.00. The molecule has 9 heteroatoms. The average Bonchev–Trinajstić information content (AvgIpc) is 2.87. The molecule has 2 aromatic carbocycles. The maximum absolute atomic E-state index is 13.7. The predicted molar refractivity (Wildman–Crippen MR) is 170 cm³/mol. The van der Waals surface area contributed by atoms with Gasteiger partial charge in [-0.1, -0.05) is 51.4 Å². The number of Topliss-reactive ketones (excluding diaryl/α,β-unsaturated/α-hetero) is 2. The van der Waals surface area contributed by atoms with Crippen LogP contribution in [0.15, 0.2) is 59.1 Å². The van der Waals surface area contributed by atoms with E-state index in [0.717, 1.165) is 5.56 Å². The molecule has 0 unspecified atom stereocenters. The van der Waals surface area contributed by atoms with Crippen LogP contribution < -0.4 is 14.8 Å². The number of hydrogen-bond acceptors (Lipinski definition) is 6. The fourth-order valence-electron chi connectivity index (χ4n) is 6.05. The van der Waals surface area contributed by atoms with Crippen molar-refractivity contribution in [1.82, 2.24) is 0 Å². The molecule has 1 aliphatic heterocycles. The molecule has 0 spiro atoms. The van der Waals surface area contributed by atoms with Crippen molar-refractivity contribution in [2.45, 2.75) is 66.2 Å². The third-order valence-electron chi connectivity index (χ3n) is 7.74. The number of hydrogen-bond donors (Lipinski definition) is 1. The molecule has 0 saturated carbocycles. The molecule has 3 aliphatic rings. The molecule has 42 heavy (non-hydrogen) atoms. The Labute approximate surface area is 265 Å². The molecule has 7 nitrogen and oxygen atoms in total. The van der Waals surface area contributed by atoms with Gasteiger partial charge in [-0.05, 0) is 70.2 Å². The first kappa shape index (κ1) is 30.6. The second-order valence-corrected chi connectivity index (χ2v) is 14.2. The number of carbonyl (C=O) groups is 3. The molecule has 2 aliphatic carbocycles. The molecule has 2 aromatic rings. The number of ketones is 2. The van der Waals surface area contributed by atoms with E-state index in [2.05, 4.69) is 55.6 Å². The molecule has 5 rings (SSSR count). The minimum absolute atomic E-state index is 0.0000258. The molecule has 0 bridgehead atoms. The van der Waals surface area contributed by atoms with E-state index in [0.29, 0.717) is 80.7 Å². The van der Waals surface area contributed by atoms with Crippen molar-refractivity contribution in [2.24, 2.45) is 10.8 Å². The van der Waals surface area contributed by atoms with Crippen LogP contribution in [0.5, 0.6) is 11.5 Å². The fourth-order valence-corrected chi connectivity index (χ4v) is 7.02. The summed E-state index contributed by atoms with van der Waals surface area (Å²) in [5, 5.41) is 3.19. The normalized spacial score (nSPS) is 19.6. The van der Waals surface area contributed by atoms with E-state index in [9.17, 15) is 14.4 Å². The van der Waals surface area contributed by atoms with Crippen molar-refractivity contribution < 1.29 is 28.6 Å². The van der Waals surface area contributed by atoms with Crippen molar-refractivity contribution >= 4 is 57.4 Å². The Kier molecular flexibility index (Phi) is 8.51. The minimum Gasteiger partial charge on any atom is -0.490 e. The Hall–Kier alpha value is -2.85. The summed E-state index contributed by atoms with van der Waals surface area (Å²) in [4.78, 5) is 40.0. The minimum atomic E-state index is -0.554. The highest BCUT2D eigenvalue weighted by Crippen LogP contribution is 2.54. The van der Waals surface area contributed by atoms with Crippen LogP contribution >= 0.6 is 34.2 Å². The summed E-state index contributed by atoms with van der Waals surface area (Å²) in [6, 6.07) is 10.7. The van der Waals surface area contributed by atoms with Crippen LogP contribution in [-0.4, -0.2) is 30.7 Å². The van der Waals surface area contributed by atoms with E-state index < -0.39 is 5.92 Å². The second kappa shape index (κ2) is 11.7. The van der Waals surface area contributed by atoms with E-state index >= 15 is 0 Å². The first-order valence-corrected chi connectivity index (χ1v) is 15.6. The predicted octanol–water partition coefficient (Wildman–Crippen LogP) is 7.76. The van der Waals surface area contributed by atoms with Gasteiger partial charge in [0.2, 0.25) is 0 Å². The van der Waals surface area contributed by atoms with E-state index in [1.807, 2.05) is 19.1 Å². The molecule has 1 heterocycles. The summed E-state index contributed by atoms with van der Waals surface area (Å²) in [5.74, 6) is 1.25. The molecular formula is C33H35ClINO6. The Morgan fingerprint density at radius 1 is 0.976 bits per heavy atom. The van der Waals surface area contributed by atoms with Gasteiger partial charge in [-0.15, -0.1) is 0 Å². The van der Waals surface area contributed by atoms with Crippen molar-refractivity contribution in [3.63, 3.8) is 0 Å². The number of allylic oxidation sites excluding steroid dienone is 4. The third kappa shape index (κ3) is 6.25. The molecule has 0 radical (unpaired) electrons. The zero-order chi connectivity index (χ0) is 30.4. The lowest BCUT2D eigenvalue weighted by atomic mass is 9.65. The zero-order valence-corrected chi connectivity index (χ0v) is 27.4. The Morgan fingerprint density at radius 3 is 2.14 bits per heavy atom. The number of benzene rings is 2. The maximum Gasteiger partial charge on any atom is 0.262 e. The van der Waals surface area contributed by atoms with Gasteiger partial charge in [-0.25, -0.2) is 0 Å². The quantitative estimate of drug-likeness (QED) is 0.297. The number of anilines is 1. The Morgan fingerprint density at radius 2 is 1.57 bits per heavy atom. The third-order valence-corrected chi connectivity index (χ3v) is 8.87. The van der Waals surface area contributed by atoms with E-state index in [4.69, 9.17) is 25.8 Å². The largest absolute Gasteiger partial charge is 0.490 e. The van der Waals surface area contributed by atoms with Gasteiger partial charge in [-0.2, -0.15) is 0 Å².